The minimum Gasteiger partial charge on any atom is -0.352 e. The van der Waals surface area contributed by atoms with Crippen molar-refractivity contribution in [1.82, 2.24) is 10.3 Å². The Bertz CT molecular complexity index is 548. The van der Waals surface area contributed by atoms with Crippen molar-refractivity contribution in [3.8, 4) is 0 Å². The number of hydrogen-bond acceptors (Lipinski definition) is 3. The number of nitrogens with one attached hydrogen (secondary N) is 1. The van der Waals surface area contributed by atoms with Crippen molar-refractivity contribution in [3.05, 3.63) is 51.5 Å². The fourth-order valence-corrected chi connectivity index (χ4v) is 2.50. The number of nitrogens with zero attached hydrogens (tertiary/aromatic N) is 1. The van der Waals surface area contributed by atoms with Crippen LogP contribution in [0.3, 0.4) is 0 Å². The van der Waals surface area contributed by atoms with Gasteiger partial charge in [-0.25, -0.2) is 4.98 Å². The monoisotopic (exact) mass is 260 g/mol. The van der Waals surface area contributed by atoms with Crippen LogP contribution in [0.2, 0.25) is 0 Å². The van der Waals surface area contributed by atoms with E-state index in [1.165, 1.54) is 4.88 Å². The number of aromatic nitrogens is 1. The van der Waals surface area contributed by atoms with Crippen LogP contribution in [-0.2, 0) is 6.42 Å². The van der Waals surface area contributed by atoms with Crippen LogP contribution in [-0.4, -0.2) is 17.4 Å². The van der Waals surface area contributed by atoms with Gasteiger partial charge in [-0.3, -0.25) is 4.79 Å². The van der Waals surface area contributed by atoms with Crippen molar-refractivity contribution in [2.45, 2.75) is 20.3 Å². The van der Waals surface area contributed by atoms with Gasteiger partial charge in [0, 0.05) is 29.6 Å². The summed E-state index contributed by atoms with van der Waals surface area (Å²) in [6.07, 6.45) is 2.71. The fraction of sp³-hybridized carbons (Fsp3) is 0.286. The molecule has 1 aromatic carbocycles. The maximum atomic E-state index is 11.9. The number of carbonyl (C=O) groups is 1. The lowest BCUT2D eigenvalue weighted by Gasteiger charge is -2.04. The van der Waals surface area contributed by atoms with Gasteiger partial charge in [-0.1, -0.05) is 17.7 Å². The van der Waals surface area contributed by atoms with Gasteiger partial charge >= 0.3 is 0 Å². The van der Waals surface area contributed by atoms with E-state index in [-0.39, 0.29) is 5.91 Å². The van der Waals surface area contributed by atoms with Gasteiger partial charge < -0.3 is 5.32 Å². The molecule has 0 unspecified atom stereocenters. The zero-order chi connectivity index (χ0) is 13.0. The predicted octanol–water partition coefficient (Wildman–Crippen LogP) is 2.73. The van der Waals surface area contributed by atoms with E-state index in [1.54, 1.807) is 11.3 Å². The molecule has 0 fully saturated rings. The van der Waals surface area contributed by atoms with Crippen LogP contribution in [0.4, 0.5) is 0 Å². The Morgan fingerprint density at radius 1 is 1.39 bits per heavy atom. The molecule has 0 aliphatic heterocycles. The highest BCUT2D eigenvalue weighted by Gasteiger charge is 2.05. The summed E-state index contributed by atoms with van der Waals surface area (Å²) >= 11 is 1.68. The number of amides is 1. The molecular formula is C14H16N2OS. The van der Waals surface area contributed by atoms with E-state index in [2.05, 4.69) is 10.3 Å². The lowest BCUT2D eigenvalue weighted by atomic mass is 10.1. The quantitative estimate of drug-likeness (QED) is 0.918. The molecule has 1 amide bonds. The highest BCUT2D eigenvalue weighted by atomic mass is 32.1. The topological polar surface area (TPSA) is 42.0 Å². The highest BCUT2D eigenvalue weighted by molar-refractivity contribution is 7.11. The third kappa shape index (κ3) is 3.40. The van der Waals surface area contributed by atoms with Crippen LogP contribution in [0.15, 0.2) is 30.5 Å². The highest BCUT2D eigenvalue weighted by Crippen LogP contribution is 2.11. The largest absolute Gasteiger partial charge is 0.352 e. The van der Waals surface area contributed by atoms with E-state index < -0.39 is 0 Å². The molecule has 0 spiro atoms. The van der Waals surface area contributed by atoms with E-state index in [0.717, 1.165) is 22.6 Å². The molecule has 0 saturated heterocycles. The summed E-state index contributed by atoms with van der Waals surface area (Å²) < 4.78 is 0. The van der Waals surface area contributed by atoms with Gasteiger partial charge in [-0.2, -0.15) is 0 Å². The van der Waals surface area contributed by atoms with Crippen molar-refractivity contribution in [2.75, 3.05) is 6.54 Å². The molecule has 1 aromatic heterocycles. The summed E-state index contributed by atoms with van der Waals surface area (Å²) in [6, 6.07) is 7.61. The molecule has 0 aliphatic rings. The number of carbonyl (C=O) groups excluding carboxylic acids is 1. The van der Waals surface area contributed by atoms with Crippen LogP contribution >= 0.6 is 11.3 Å². The lowest BCUT2D eigenvalue weighted by Crippen LogP contribution is -2.25. The van der Waals surface area contributed by atoms with Gasteiger partial charge in [0.25, 0.3) is 5.91 Å². The van der Waals surface area contributed by atoms with Crippen LogP contribution in [0.5, 0.6) is 0 Å². The van der Waals surface area contributed by atoms with Gasteiger partial charge in [0.1, 0.15) is 0 Å². The zero-order valence-corrected chi connectivity index (χ0v) is 11.4. The van der Waals surface area contributed by atoms with Gasteiger partial charge in [-0.15, -0.1) is 11.3 Å². The molecule has 94 valence electrons. The summed E-state index contributed by atoms with van der Waals surface area (Å²) in [7, 11) is 0. The molecule has 0 radical (unpaired) electrons. The third-order valence-electron chi connectivity index (χ3n) is 2.61. The number of hydrogen-bond donors (Lipinski definition) is 1. The van der Waals surface area contributed by atoms with E-state index in [9.17, 15) is 4.79 Å². The van der Waals surface area contributed by atoms with Gasteiger partial charge in [-0.05, 0) is 26.0 Å². The summed E-state index contributed by atoms with van der Waals surface area (Å²) in [4.78, 5) is 17.3. The molecule has 2 aromatic rings. The normalized spacial score (nSPS) is 10.3. The van der Waals surface area contributed by atoms with E-state index >= 15 is 0 Å². The Morgan fingerprint density at radius 3 is 2.89 bits per heavy atom. The minimum absolute atomic E-state index is 0.0139. The summed E-state index contributed by atoms with van der Waals surface area (Å²) in [5.74, 6) is -0.0139. The SMILES string of the molecule is Cc1cccc(C(=O)NCCc2cnc(C)s2)c1. The van der Waals surface area contributed by atoms with Crippen molar-refractivity contribution >= 4 is 17.2 Å². The van der Waals surface area contributed by atoms with Gasteiger partial charge in [0.2, 0.25) is 0 Å². The summed E-state index contributed by atoms with van der Waals surface area (Å²) in [5.41, 5.74) is 1.82. The number of aryl methyl sites for hydroxylation is 2. The Hall–Kier alpha value is -1.68. The number of rotatable bonds is 4. The first kappa shape index (κ1) is 12.8. The third-order valence-corrected chi connectivity index (χ3v) is 3.58. The molecule has 0 saturated carbocycles. The Morgan fingerprint density at radius 2 is 2.22 bits per heavy atom. The second-order valence-electron chi connectivity index (χ2n) is 4.22. The van der Waals surface area contributed by atoms with Gasteiger partial charge in [0.15, 0.2) is 0 Å². The van der Waals surface area contributed by atoms with Crippen molar-refractivity contribution in [1.29, 1.82) is 0 Å². The molecule has 0 bridgehead atoms. The molecule has 1 heterocycles. The van der Waals surface area contributed by atoms with E-state index in [0.29, 0.717) is 6.54 Å². The lowest BCUT2D eigenvalue weighted by molar-refractivity contribution is 0.0954. The van der Waals surface area contributed by atoms with Crippen molar-refractivity contribution in [2.24, 2.45) is 0 Å². The average Bonchev–Trinajstić information content (AvgIpc) is 2.75. The first-order chi connectivity index (χ1) is 8.65. The second-order valence-corrected chi connectivity index (χ2v) is 5.54. The second kappa shape index (κ2) is 5.78. The van der Waals surface area contributed by atoms with E-state index in [4.69, 9.17) is 0 Å². The maximum absolute atomic E-state index is 11.9. The first-order valence-corrected chi connectivity index (χ1v) is 6.73. The molecule has 4 heteroatoms. The van der Waals surface area contributed by atoms with Crippen LogP contribution in [0.1, 0.15) is 25.8 Å². The molecule has 1 N–H and O–H groups in total. The molecule has 0 atom stereocenters. The van der Waals surface area contributed by atoms with Crippen LogP contribution in [0.25, 0.3) is 0 Å². The maximum Gasteiger partial charge on any atom is 0.251 e. The zero-order valence-electron chi connectivity index (χ0n) is 10.6. The smallest absolute Gasteiger partial charge is 0.251 e. The van der Waals surface area contributed by atoms with Crippen molar-refractivity contribution in [3.63, 3.8) is 0 Å². The fourth-order valence-electron chi connectivity index (χ4n) is 1.71. The number of thiazole rings is 1. The van der Waals surface area contributed by atoms with Crippen LogP contribution < -0.4 is 5.32 Å². The van der Waals surface area contributed by atoms with E-state index in [1.807, 2.05) is 44.3 Å². The molecule has 2 rings (SSSR count). The number of benzene rings is 1. The Balaban J connectivity index is 1.85. The van der Waals surface area contributed by atoms with Crippen LogP contribution in [0, 0.1) is 13.8 Å². The van der Waals surface area contributed by atoms with Crippen molar-refractivity contribution < 1.29 is 4.79 Å². The first-order valence-electron chi connectivity index (χ1n) is 5.91. The van der Waals surface area contributed by atoms with Gasteiger partial charge in [0.05, 0.1) is 5.01 Å². The molecular weight excluding hydrogens is 244 g/mol. The molecule has 3 nitrogen and oxygen atoms in total. The Kier molecular flexibility index (Phi) is 4.10. The minimum atomic E-state index is -0.0139. The Labute approximate surface area is 111 Å². The predicted molar refractivity (Wildman–Crippen MR) is 74.1 cm³/mol. The average molecular weight is 260 g/mol. The molecule has 0 aliphatic carbocycles. The molecule has 18 heavy (non-hydrogen) atoms. The standard InChI is InChI=1S/C14H16N2OS/c1-10-4-3-5-12(8-10)14(17)15-7-6-13-9-16-11(2)18-13/h3-5,8-9H,6-7H2,1-2H3,(H,15,17). The summed E-state index contributed by atoms with van der Waals surface area (Å²) in [6.45, 7) is 4.62. The summed E-state index contributed by atoms with van der Waals surface area (Å²) in [5, 5.41) is 3.99.